The first kappa shape index (κ1) is 24.9. The molecule has 1 aliphatic rings. The van der Waals surface area contributed by atoms with E-state index in [1.54, 1.807) is 54.4 Å². The van der Waals surface area contributed by atoms with Gasteiger partial charge in [-0.25, -0.2) is 14.6 Å². The number of imidazole rings is 1. The number of nitrogens with two attached hydrogens (primary N) is 2. The molecule has 1 atom stereocenters. The van der Waals surface area contributed by atoms with Gasteiger partial charge < -0.3 is 21.8 Å². The molecule has 1 aliphatic heterocycles. The summed E-state index contributed by atoms with van der Waals surface area (Å²) in [5, 5.41) is 2.73. The summed E-state index contributed by atoms with van der Waals surface area (Å²) in [6, 6.07) is 9.54. The molecule has 1 saturated heterocycles. The average molecular weight is 550 g/mol. The quantitative estimate of drug-likeness (QED) is 0.329. The third kappa shape index (κ3) is 5.08. The summed E-state index contributed by atoms with van der Waals surface area (Å²) >= 11 is 3.34. The Bertz CT molecular complexity index is 1390. The van der Waals surface area contributed by atoms with Crippen LogP contribution in [0.3, 0.4) is 0 Å². The molecule has 0 aliphatic carbocycles. The maximum atomic E-state index is 12.6. The minimum Gasteiger partial charge on any atom is -0.364 e. The molecule has 1 aromatic carbocycles. The second-order valence-electron chi connectivity index (χ2n) is 8.18. The Morgan fingerprint density at radius 2 is 1.92 bits per heavy atom. The van der Waals surface area contributed by atoms with E-state index in [2.05, 4.69) is 43.1 Å². The number of hydrogen-bond acceptors (Lipinski definition) is 6. The monoisotopic (exact) mass is 549 g/mol. The number of nitrogen functional groups attached to an aromatic ring is 1. The van der Waals surface area contributed by atoms with Crippen molar-refractivity contribution >= 4 is 39.5 Å². The van der Waals surface area contributed by atoms with Crippen LogP contribution in [0.1, 0.15) is 58.9 Å². The lowest BCUT2D eigenvalue weighted by molar-refractivity contribution is -0.129. The van der Waals surface area contributed by atoms with Gasteiger partial charge in [-0.3, -0.25) is 14.4 Å². The van der Waals surface area contributed by atoms with Crippen molar-refractivity contribution in [1.29, 1.82) is 0 Å². The molecule has 36 heavy (non-hydrogen) atoms. The summed E-state index contributed by atoms with van der Waals surface area (Å²) in [5.74, 6) is 10.8. The van der Waals surface area contributed by atoms with Crippen molar-refractivity contribution in [3.63, 3.8) is 0 Å². The Morgan fingerprint density at radius 3 is 2.58 bits per heavy atom. The highest BCUT2D eigenvalue weighted by atomic mass is 79.9. The average Bonchev–Trinajstić information content (AvgIpc) is 3.21. The number of rotatable bonds is 5. The SMILES string of the molecule is CC#CC(=O)N1CCCC[C@H]1c1nc(-c2ccc(C(=O)Nc3cc(Br)ccn3)cc2)c(C(N)=O)n1N. The minimum atomic E-state index is -0.754. The molecular weight excluding hydrogens is 526 g/mol. The van der Waals surface area contributed by atoms with E-state index in [-0.39, 0.29) is 23.2 Å². The molecule has 0 radical (unpaired) electrons. The van der Waals surface area contributed by atoms with Gasteiger partial charge in [-0.1, -0.05) is 34.0 Å². The van der Waals surface area contributed by atoms with Crippen molar-refractivity contribution in [2.45, 2.75) is 32.2 Å². The first-order valence-corrected chi connectivity index (χ1v) is 12.0. The molecule has 11 heteroatoms. The van der Waals surface area contributed by atoms with Gasteiger partial charge in [0.05, 0.1) is 6.04 Å². The van der Waals surface area contributed by atoms with Crippen molar-refractivity contribution in [1.82, 2.24) is 19.5 Å². The molecule has 3 aromatic rings. The Kier molecular flexibility index (Phi) is 7.36. The lowest BCUT2D eigenvalue weighted by atomic mass is 10.0. The van der Waals surface area contributed by atoms with Gasteiger partial charge >= 0.3 is 0 Å². The predicted molar refractivity (Wildman–Crippen MR) is 138 cm³/mol. The number of benzene rings is 1. The van der Waals surface area contributed by atoms with Crippen molar-refractivity contribution in [3.8, 4) is 23.1 Å². The van der Waals surface area contributed by atoms with E-state index in [9.17, 15) is 14.4 Å². The second-order valence-corrected chi connectivity index (χ2v) is 9.09. The van der Waals surface area contributed by atoms with E-state index in [1.807, 2.05) is 0 Å². The fourth-order valence-corrected chi connectivity index (χ4v) is 4.52. The molecule has 2 aromatic heterocycles. The van der Waals surface area contributed by atoms with Gasteiger partial charge in [-0.05, 0) is 56.4 Å². The van der Waals surface area contributed by atoms with Crippen LogP contribution in [0.5, 0.6) is 0 Å². The number of amides is 3. The maximum Gasteiger partial charge on any atom is 0.299 e. The topological polar surface area (TPSA) is 149 Å². The maximum absolute atomic E-state index is 12.6. The molecule has 1 fully saturated rings. The third-order valence-electron chi connectivity index (χ3n) is 5.85. The predicted octanol–water partition coefficient (Wildman–Crippen LogP) is 2.85. The first-order valence-electron chi connectivity index (χ1n) is 11.2. The molecule has 4 rings (SSSR count). The van der Waals surface area contributed by atoms with Crippen molar-refractivity contribution < 1.29 is 14.4 Å². The largest absolute Gasteiger partial charge is 0.364 e. The molecular formula is C25H24BrN7O3. The number of piperidine rings is 1. The number of carbonyl (C=O) groups excluding carboxylic acids is 3. The summed E-state index contributed by atoms with van der Waals surface area (Å²) in [6.45, 7) is 2.12. The van der Waals surface area contributed by atoms with Gasteiger partial charge in [0.15, 0.2) is 11.5 Å². The van der Waals surface area contributed by atoms with Gasteiger partial charge in [-0.2, -0.15) is 0 Å². The van der Waals surface area contributed by atoms with Crippen molar-refractivity contribution in [2.75, 3.05) is 17.7 Å². The summed E-state index contributed by atoms with van der Waals surface area (Å²) in [6.07, 6.45) is 3.92. The zero-order valence-electron chi connectivity index (χ0n) is 19.5. The minimum absolute atomic E-state index is 0.0140. The first-order chi connectivity index (χ1) is 17.3. The van der Waals surface area contributed by atoms with Crippen LogP contribution in [-0.4, -0.2) is 43.8 Å². The Morgan fingerprint density at radius 1 is 1.17 bits per heavy atom. The van der Waals surface area contributed by atoms with E-state index in [0.29, 0.717) is 35.7 Å². The standard InChI is InChI=1S/C25H24BrN7O3/c1-2-5-20(34)32-13-4-3-6-18(32)24-31-21(22(23(27)35)33(24)28)15-7-9-16(10-8-15)25(36)30-19-14-17(26)11-12-29-19/h7-12,14,18H,3-4,6,13,28H2,1H3,(H2,27,35)(H,29,30,36)/t18-/m0/s1. The molecule has 3 heterocycles. The van der Waals surface area contributed by atoms with Crippen LogP contribution in [0.15, 0.2) is 47.1 Å². The zero-order valence-corrected chi connectivity index (χ0v) is 21.1. The number of pyridine rings is 1. The number of carbonyl (C=O) groups is 3. The Hall–Kier alpha value is -4.17. The van der Waals surface area contributed by atoms with Gasteiger partial charge in [0, 0.05) is 28.3 Å². The fraction of sp³-hybridized carbons (Fsp3) is 0.240. The van der Waals surface area contributed by atoms with Crippen LogP contribution >= 0.6 is 15.9 Å². The van der Waals surface area contributed by atoms with E-state index in [1.165, 1.54) is 0 Å². The van der Waals surface area contributed by atoms with E-state index < -0.39 is 11.9 Å². The fourth-order valence-electron chi connectivity index (χ4n) is 4.18. The van der Waals surface area contributed by atoms with E-state index in [0.717, 1.165) is 22.0 Å². The van der Waals surface area contributed by atoms with Crippen LogP contribution in [0, 0.1) is 11.8 Å². The summed E-state index contributed by atoms with van der Waals surface area (Å²) in [5.41, 5.74) is 6.88. The van der Waals surface area contributed by atoms with Crippen LogP contribution in [0.25, 0.3) is 11.3 Å². The number of nitrogens with zero attached hydrogens (tertiary/aromatic N) is 4. The number of likely N-dealkylation sites (tertiary alicyclic amines) is 1. The molecule has 0 bridgehead atoms. The smallest absolute Gasteiger partial charge is 0.299 e. The highest BCUT2D eigenvalue weighted by Crippen LogP contribution is 2.33. The summed E-state index contributed by atoms with van der Waals surface area (Å²) in [7, 11) is 0. The summed E-state index contributed by atoms with van der Waals surface area (Å²) in [4.78, 5) is 47.9. The van der Waals surface area contributed by atoms with E-state index >= 15 is 0 Å². The number of aromatic nitrogens is 3. The normalized spacial score (nSPS) is 15.1. The summed E-state index contributed by atoms with van der Waals surface area (Å²) < 4.78 is 1.95. The molecule has 184 valence electrons. The lowest BCUT2D eigenvalue weighted by Gasteiger charge is -2.33. The van der Waals surface area contributed by atoms with Crippen molar-refractivity contribution in [3.05, 3.63) is 64.1 Å². The van der Waals surface area contributed by atoms with Crippen LogP contribution in [0.4, 0.5) is 5.82 Å². The molecule has 0 unspecified atom stereocenters. The van der Waals surface area contributed by atoms with Crippen molar-refractivity contribution in [2.24, 2.45) is 5.73 Å². The number of halogens is 1. The van der Waals surface area contributed by atoms with Crippen LogP contribution < -0.4 is 16.9 Å². The molecule has 3 amide bonds. The number of hydrogen-bond donors (Lipinski definition) is 3. The Balaban J connectivity index is 1.65. The molecule has 0 saturated carbocycles. The van der Waals surface area contributed by atoms with E-state index in [4.69, 9.17) is 11.6 Å². The molecule has 0 spiro atoms. The second kappa shape index (κ2) is 10.6. The van der Waals surface area contributed by atoms with Gasteiger partial charge in [0.25, 0.3) is 17.7 Å². The van der Waals surface area contributed by atoms with Gasteiger partial charge in [-0.15, -0.1) is 0 Å². The highest BCUT2D eigenvalue weighted by molar-refractivity contribution is 9.10. The Labute approximate surface area is 216 Å². The molecule has 10 nitrogen and oxygen atoms in total. The van der Waals surface area contributed by atoms with Gasteiger partial charge in [0.1, 0.15) is 11.5 Å². The number of nitrogens with one attached hydrogen (secondary N) is 1. The number of anilines is 1. The van der Waals surface area contributed by atoms with Gasteiger partial charge in [0.2, 0.25) is 0 Å². The third-order valence-corrected chi connectivity index (χ3v) is 6.34. The zero-order chi connectivity index (χ0) is 25.8. The number of primary amides is 1. The molecule has 5 N–H and O–H groups in total. The van der Waals surface area contributed by atoms with Crippen LogP contribution in [-0.2, 0) is 4.79 Å². The lowest BCUT2D eigenvalue weighted by Crippen LogP contribution is -2.40. The van der Waals surface area contributed by atoms with Crippen LogP contribution in [0.2, 0.25) is 0 Å². The highest BCUT2D eigenvalue weighted by Gasteiger charge is 2.33.